The summed E-state index contributed by atoms with van der Waals surface area (Å²) in [5.41, 5.74) is 6.10. The van der Waals surface area contributed by atoms with E-state index < -0.39 is 0 Å². The van der Waals surface area contributed by atoms with Crippen LogP contribution in [0.1, 0.15) is 72.1 Å². The van der Waals surface area contributed by atoms with Gasteiger partial charge >= 0.3 is 0 Å². The Morgan fingerprint density at radius 1 is 1.32 bits per heavy atom. The lowest BCUT2D eigenvalue weighted by atomic mass is 9.78. The number of hydrogen-bond acceptors (Lipinski definition) is 2. The Morgan fingerprint density at radius 2 is 2.05 bits per heavy atom. The van der Waals surface area contributed by atoms with Gasteiger partial charge in [0, 0.05) is 12.1 Å². The minimum Gasteiger partial charge on any atom is -0.353 e. The van der Waals surface area contributed by atoms with Crippen molar-refractivity contribution in [2.24, 2.45) is 17.6 Å². The van der Waals surface area contributed by atoms with Crippen molar-refractivity contribution in [1.82, 2.24) is 5.32 Å². The summed E-state index contributed by atoms with van der Waals surface area (Å²) in [6, 6.07) is 0.345. The third-order valence-corrected chi connectivity index (χ3v) is 4.38. The molecule has 1 saturated carbocycles. The lowest BCUT2D eigenvalue weighted by Gasteiger charge is -2.32. The van der Waals surface area contributed by atoms with Gasteiger partial charge in [0.15, 0.2) is 0 Å². The largest absolute Gasteiger partial charge is 0.353 e. The first-order valence-corrected chi connectivity index (χ1v) is 8.10. The molecule has 0 aromatic heterocycles. The first kappa shape index (κ1) is 16.5. The maximum absolute atomic E-state index is 12.3. The number of amides is 1. The maximum Gasteiger partial charge on any atom is 0.224 e. The normalized spacial score (nSPS) is 28.9. The Labute approximate surface area is 118 Å². The average Bonchev–Trinajstić information content (AvgIpc) is 2.37. The molecule has 1 rings (SSSR count). The van der Waals surface area contributed by atoms with Gasteiger partial charge in [0.25, 0.3) is 0 Å². The minimum absolute atomic E-state index is 0.0295. The molecule has 112 valence electrons. The topological polar surface area (TPSA) is 55.1 Å². The van der Waals surface area contributed by atoms with E-state index >= 15 is 0 Å². The molecule has 3 heteroatoms. The number of carbonyl (C=O) groups is 1. The van der Waals surface area contributed by atoms with Gasteiger partial charge in [0.2, 0.25) is 5.91 Å². The standard InChI is InChI=1S/C16H32N2O/c1-4-5-6-7-8-13(3)18-16(19)14-11-12(2)9-10-15(14)17/h12-15H,4-11,17H2,1-3H3,(H,18,19). The van der Waals surface area contributed by atoms with Crippen LogP contribution in [0.2, 0.25) is 0 Å². The fourth-order valence-electron chi connectivity index (χ4n) is 3.01. The SMILES string of the molecule is CCCCCCC(C)NC(=O)C1CC(C)CCC1N. The zero-order chi connectivity index (χ0) is 14.3. The highest BCUT2D eigenvalue weighted by molar-refractivity contribution is 5.79. The summed E-state index contributed by atoms with van der Waals surface area (Å²) in [4.78, 5) is 12.3. The quantitative estimate of drug-likeness (QED) is 0.697. The maximum atomic E-state index is 12.3. The van der Waals surface area contributed by atoms with Gasteiger partial charge in [-0.1, -0.05) is 39.5 Å². The van der Waals surface area contributed by atoms with E-state index in [9.17, 15) is 4.79 Å². The number of hydrogen-bond donors (Lipinski definition) is 2. The highest BCUT2D eigenvalue weighted by Crippen LogP contribution is 2.28. The molecular formula is C16H32N2O. The summed E-state index contributed by atoms with van der Waals surface area (Å²) < 4.78 is 0. The summed E-state index contributed by atoms with van der Waals surface area (Å²) in [5, 5.41) is 3.16. The molecule has 1 aliphatic rings. The summed E-state index contributed by atoms with van der Waals surface area (Å²) in [6.45, 7) is 6.55. The molecule has 0 radical (unpaired) electrons. The number of rotatable bonds is 7. The van der Waals surface area contributed by atoms with Crippen LogP contribution in [0.25, 0.3) is 0 Å². The molecule has 3 nitrogen and oxygen atoms in total. The van der Waals surface area contributed by atoms with Crippen molar-refractivity contribution < 1.29 is 4.79 Å². The van der Waals surface area contributed by atoms with Crippen LogP contribution in [-0.4, -0.2) is 18.0 Å². The van der Waals surface area contributed by atoms with Crippen LogP contribution < -0.4 is 11.1 Å². The van der Waals surface area contributed by atoms with Gasteiger partial charge in [0.1, 0.15) is 0 Å². The molecule has 1 fully saturated rings. The Morgan fingerprint density at radius 3 is 2.74 bits per heavy atom. The van der Waals surface area contributed by atoms with Gasteiger partial charge in [-0.05, 0) is 38.5 Å². The second-order valence-electron chi connectivity index (χ2n) is 6.45. The van der Waals surface area contributed by atoms with Gasteiger partial charge < -0.3 is 11.1 Å². The van der Waals surface area contributed by atoms with Crippen LogP contribution in [0.3, 0.4) is 0 Å². The van der Waals surface area contributed by atoms with Gasteiger partial charge in [0.05, 0.1) is 5.92 Å². The predicted molar refractivity (Wildman–Crippen MR) is 80.8 cm³/mol. The fraction of sp³-hybridized carbons (Fsp3) is 0.938. The molecule has 0 aromatic rings. The second kappa shape index (κ2) is 8.57. The molecule has 0 saturated heterocycles. The predicted octanol–water partition coefficient (Wildman–Crippen LogP) is 3.23. The van der Waals surface area contributed by atoms with E-state index in [1.807, 2.05) is 0 Å². The van der Waals surface area contributed by atoms with Gasteiger partial charge in [-0.3, -0.25) is 4.79 Å². The molecule has 1 amide bonds. The number of carbonyl (C=O) groups excluding carboxylic acids is 1. The number of nitrogens with two attached hydrogens (primary N) is 1. The molecule has 0 aromatic carbocycles. The number of unbranched alkanes of at least 4 members (excludes halogenated alkanes) is 3. The zero-order valence-corrected chi connectivity index (χ0v) is 13.0. The molecule has 4 atom stereocenters. The highest BCUT2D eigenvalue weighted by atomic mass is 16.2. The molecule has 3 N–H and O–H groups in total. The van der Waals surface area contributed by atoms with Crippen molar-refractivity contribution in [2.45, 2.75) is 84.2 Å². The Kier molecular flexibility index (Phi) is 7.44. The lowest BCUT2D eigenvalue weighted by molar-refractivity contribution is -0.127. The summed E-state index contributed by atoms with van der Waals surface area (Å²) >= 11 is 0. The summed E-state index contributed by atoms with van der Waals surface area (Å²) in [6.07, 6.45) is 9.24. The Hall–Kier alpha value is -0.570. The first-order chi connectivity index (χ1) is 9.04. The van der Waals surface area contributed by atoms with Crippen LogP contribution in [0.5, 0.6) is 0 Å². The van der Waals surface area contributed by atoms with Crippen molar-refractivity contribution in [1.29, 1.82) is 0 Å². The molecule has 0 aliphatic heterocycles. The Bertz CT molecular complexity index is 267. The monoisotopic (exact) mass is 268 g/mol. The molecule has 0 spiro atoms. The van der Waals surface area contributed by atoms with Crippen LogP contribution in [-0.2, 0) is 4.79 Å². The van der Waals surface area contributed by atoms with E-state index in [2.05, 4.69) is 26.1 Å². The van der Waals surface area contributed by atoms with E-state index in [0.717, 1.165) is 25.7 Å². The van der Waals surface area contributed by atoms with Gasteiger partial charge in [-0.2, -0.15) is 0 Å². The summed E-state index contributed by atoms with van der Waals surface area (Å²) in [5.74, 6) is 0.847. The van der Waals surface area contributed by atoms with Gasteiger partial charge in [-0.25, -0.2) is 0 Å². The molecular weight excluding hydrogens is 236 g/mol. The highest BCUT2D eigenvalue weighted by Gasteiger charge is 2.31. The van der Waals surface area contributed by atoms with Crippen molar-refractivity contribution in [3.63, 3.8) is 0 Å². The zero-order valence-electron chi connectivity index (χ0n) is 13.0. The fourth-order valence-corrected chi connectivity index (χ4v) is 3.01. The minimum atomic E-state index is 0.0295. The third-order valence-electron chi connectivity index (χ3n) is 4.38. The average molecular weight is 268 g/mol. The molecule has 19 heavy (non-hydrogen) atoms. The van der Waals surface area contributed by atoms with Crippen LogP contribution in [0.4, 0.5) is 0 Å². The van der Waals surface area contributed by atoms with Crippen molar-refractivity contribution in [2.75, 3.05) is 0 Å². The van der Waals surface area contributed by atoms with Crippen LogP contribution in [0.15, 0.2) is 0 Å². The smallest absolute Gasteiger partial charge is 0.224 e. The Balaban J connectivity index is 2.28. The van der Waals surface area contributed by atoms with E-state index in [4.69, 9.17) is 5.73 Å². The second-order valence-corrected chi connectivity index (χ2v) is 6.45. The van der Waals surface area contributed by atoms with Crippen molar-refractivity contribution >= 4 is 5.91 Å². The first-order valence-electron chi connectivity index (χ1n) is 8.10. The van der Waals surface area contributed by atoms with Crippen LogP contribution in [0, 0.1) is 11.8 Å². The molecule has 0 heterocycles. The van der Waals surface area contributed by atoms with E-state index in [1.54, 1.807) is 0 Å². The van der Waals surface area contributed by atoms with Crippen molar-refractivity contribution in [3.05, 3.63) is 0 Å². The van der Waals surface area contributed by atoms with Gasteiger partial charge in [-0.15, -0.1) is 0 Å². The van der Waals surface area contributed by atoms with E-state index in [-0.39, 0.29) is 23.9 Å². The third kappa shape index (κ3) is 5.94. The van der Waals surface area contributed by atoms with Crippen molar-refractivity contribution in [3.8, 4) is 0 Å². The van der Waals surface area contributed by atoms with E-state index in [1.165, 1.54) is 25.7 Å². The number of nitrogens with one attached hydrogen (secondary N) is 1. The van der Waals surface area contributed by atoms with Crippen LogP contribution >= 0.6 is 0 Å². The molecule has 0 bridgehead atoms. The lowest BCUT2D eigenvalue weighted by Crippen LogP contribution is -2.47. The van der Waals surface area contributed by atoms with E-state index in [0.29, 0.717) is 5.92 Å². The molecule has 4 unspecified atom stereocenters. The molecule has 1 aliphatic carbocycles. The summed E-state index contributed by atoms with van der Waals surface area (Å²) in [7, 11) is 0.